The molecule has 0 aromatic heterocycles. The Labute approximate surface area is 128 Å². The van der Waals surface area contributed by atoms with Crippen molar-refractivity contribution >= 4 is 0 Å². The summed E-state index contributed by atoms with van der Waals surface area (Å²) in [6.07, 6.45) is 0.382. The Bertz CT molecular complexity index is 442. The smallest absolute Gasteiger partial charge is 0.122 e. The Hall–Kier alpha value is -1.10. The van der Waals surface area contributed by atoms with E-state index < -0.39 is 6.10 Å². The van der Waals surface area contributed by atoms with E-state index in [0.717, 1.165) is 56.0 Å². The fraction of sp³-hybridized carbons (Fsp3) is 0.647. The minimum atomic E-state index is -0.400. The van der Waals surface area contributed by atoms with Crippen LogP contribution in [0.4, 0.5) is 0 Å². The van der Waals surface area contributed by atoms with E-state index in [2.05, 4.69) is 30.1 Å². The number of benzene rings is 1. The molecule has 0 bridgehead atoms. The third-order valence-corrected chi connectivity index (χ3v) is 4.19. The van der Waals surface area contributed by atoms with Gasteiger partial charge in [0.25, 0.3) is 0 Å². The van der Waals surface area contributed by atoms with Crippen molar-refractivity contribution in [3.63, 3.8) is 0 Å². The quantitative estimate of drug-likeness (QED) is 0.843. The van der Waals surface area contributed by atoms with Crippen molar-refractivity contribution in [1.82, 2.24) is 10.2 Å². The molecule has 0 aliphatic carbocycles. The number of methoxy groups -OCH3 is 1. The van der Waals surface area contributed by atoms with Crippen LogP contribution < -0.4 is 10.1 Å². The molecule has 1 aromatic rings. The van der Waals surface area contributed by atoms with Crippen molar-refractivity contribution < 1.29 is 9.84 Å². The molecule has 4 nitrogen and oxygen atoms in total. The normalized spacial score (nSPS) is 18.0. The van der Waals surface area contributed by atoms with E-state index in [9.17, 15) is 5.11 Å². The van der Waals surface area contributed by atoms with Crippen molar-refractivity contribution in [2.45, 2.75) is 32.3 Å². The van der Waals surface area contributed by atoms with Crippen LogP contribution in [0.2, 0.25) is 0 Å². The van der Waals surface area contributed by atoms with Gasteiger partial charge in [0, 0.05) is 32.7 Å². The predicted octanol–water partition coefficient (Wildman–Crippen LogP) is 2.15. The number of hydrogen-bond acceptors (Lipinski definition) is 4. The molecule has 1 heterocycles. The van der Waals surface area contributed by atoms with Crippen LogP contribution in [0, 0.1) is 0 Å². The molecule has 1 fully saturated rings. The lowest BCUT2D eigenvalue weighted by Crippen LogP contribution is -2.44. The van der Waals surface area contributed by atoms with Crippen LogP contribution in [-0.4, -0.2) is 49.8 Å². The summed E-state index contributed by atoms with van der Waals surface area (Å²) in [6.45, 7) is 9.50. The second kappa shape index (κ2) is 7.78. The first-order valence-corrected chi connectivity index (χ1v) is 7.90. The summed E-state index contributed by atoms with van der Waals surface area (Å²) in [6, 6.07) is 6.04. The Morgan fingerprint density at radius 2 is 2.00 bits per heavy atom. The molecule has 4 heteroatoms. The van der Waals surface area contributed by atoms with Gasteiger partial charge in [0.05, 0.1) is 13.2 Å². The minimum absolute atomic E-state index is 0.389. The first-order chi connectivity index (χ1) is 10.1. The van der Waals surface area contributed by atoms with Gasteiger partial charge in [-0.3, -0.25) is 0 Å². The monoisotopic (exact) mass is 292 g/mol. The Kier molecular flexibility index (Phi) is 6.03. The van der Waals surface area contributed by atoms with E-state index in [4.69, 9.17) is 4.74 Å². The molecule has 118 valence electrons. The fourth-order valence-electron chi connectivity index (χ4n) is 2.82. The van der Waals surface area contributed by atoms with Crippen LogP contribution in [-0.2, 0) is 0 Å². The first-order valence-electron chi connectivity index (χ1n) is 7.90. The summed E-state index contributed by atoms with van der Waals surface area (Å²) >= 11 is 0. The van der Waals surface area contributed by atoms with Crippen LogP contribution in [0.25, 0.3) is 0 Å². The van der Waals surface area contributed by atoms with Gasteiger partial charge in [-0.15, -0.1) is 0 Å². The van der Waals surface area contributed by atoms with E-state index in [1.165, 1.54) is 0 Å². The molecule has 1 aliphatic rings. The number of nitrogens with zero attached hydrogens (tertiary/aromatic N) is 1. The molecule has 0 spiro atoms. The molecule has 1 aromatic carbocycles. The van der Waals surface area contributed by atoms with Crippen molar-refractivity contribution in [3.05, 3.63) is 29.3 Å². The van der Waals surface area contributed by atoms with Crippen LogP contribution in [0.1, 0.15) is 43.4 Å². The number of rotatable bonds is 6. The molecular formula is C17H28N2O2. The molecule has 21 heavy (non-hydrogen) atoms. The molecule has 0 amide bonds. The summed E-state index contributed by atoms with van der Waals surface area (Å²) in [4.78, 5) is 2.41. The highest BCUT2D eigenvalue weighted by atomic mass is 16.5. The van der Waals surface area contributed by atoms with E-state index in [1.54, 1.807) is 7.11 Å². The molecule has 0 saturated carbocycles. The molecular weight excluding hydrogens is 264 g/mol. The zero-order chi connectivity index (χ0) is 15.2. The van der Waals surface area contributed by atoms with E-state index in [-0.39, 0.29) is 0 Å². The van der Waals surface area contributed by atoms with Crippen LogP contribution in [0.3, 0.4) is 0 Å². The lowest BCUT2D eigenvalue weighted by atomic mass is 9.96. The summed E-state index contributed by atoms with van der Waals surface area (Å²) in [5, 5.41) is 13.8. The van der Waals surface area contributed by atoms with Crippen LogP contribution >= 0.6 is 0 Å². The number of piperazine rings is 1. The van der Waals surface area contributed by atoms with Gasteiger partial charge >= 0.3 is 0 Å². The Balaban J connectivity index is 1.98. The fourth-order valence-corrected chi connectivity index (χ4v) is 2.82. The number of hydrogen-bond donors (Lipinski definition) is 2. The van der Waals surface area contributed by atoms with Crippen molar-refractivity contribution in [2.75, 3.05) is 39.8 Å². The lowest BCUT2D eigenvalue weighted by Gasteiger charge is -2.28. The van der Waals surface area contributed by atoms with Crippen molar-refractivity contribution in [2.24, 2.45) is 0 Å². The topological polar surface area (TPSA) is 44.7 Å². The molecule has 0 radical (unpaired) electrons. The number of ether oxygens (including phenoxy) is 1. The van der Waals surface area contributed by atoms with Gasteiger partial charge in [0.1, 0.15) is 5.75 Å². The van der Waals surface area contributed by atoms with Gasteiger partial charge in [0.2, 0.25) is 0 Å². The maximum absolute atomic E-state index is 10.4. The van der Waals surface area contributed by atoms with Crippen molar-refractivity contribution in [1.29, 1.82) is 0 Å². The Morgan fingerprint density at radius 3 is 2.62 bits per heavy atom. The molecule has 2 N–H and O–H groups in total. The highest BCUT2D eigenvalue weighted by molar-refractivity contribution is 5.40. The van der Waals surface area contributed by atoms with Gasteiger partial charge in [-0.25, -0.2) is 0 Å². The van der Waals surface area contributed by atoms with Crippen molar-refractivity contribution in [3.8, 4) is 5.75 Å². The number of nitrogens with one attached hydrogen (secondary N) is 1. The van der Waals surface area contributed by atoms with Gasteiger partial charge < -0.3 is 20.1 Å². The molecule has 1 unspecified atom stereocenters. The van der Waals surface area contributed by atoms with E-state index in [0.29, 0.717) is 5.92 Å². The SMILES string of the molecule is COc1ccc(C(O)CCN2CCNCC2)cc1C(C)C. The van der Waals surface area contributed by atoms with Gasteiger partial charge in [0.15, 0.2) is 0 Å². The zero-order valence-corrected chi connectivity index (χ0v) is 13.4. The molecule has 1 aliphatic heterocycles. The average Bonchev–Trinajstić information content (AvgIpc) is 2.52. The highest BCUT2D eigenvalue weighted by Gasteiger charge is 2.15. The summed E-state index contributed by atoms with van der Waals surface area (Å²) in [5.74, 6) is 1.29. The second-order valence-electron chi connectivity index (χ2n) is 6.05. The van der Waals surface area contributed by atoms with Crippen LogP contribution in [0.5, 0.6) is 5.75 Å². The van der Waals surface area contributed by atoms with E-state index in [1.807, 2.05) is 12.1 Å². The molecule has 1 atom stereocenters. The van der Waals surface area contributed by atoms with Gasteiger partial charge in [-0.2, -0.15) is 0 Å². The summed E-state index contributed by atoms with van der Waals surface area (Å²) in [7, 11) is 1.70. The number of aliphatic hydroxyl groups is 1. The second-order valence-corrected chi connectivity index (χ2v) is 6.05. The lowest BCUT2D eigenvalue weighted by molar-refractivity contribution is 0.136. The number of aliphatic hydroxyl groups excluding tert-OH is 1. The zero-order valence-electron chi connectivity index (χ0n) is 13.4. The van der Waals surface area contributed by atoms with Gasteiger partial charge in [-0.1, -0.05) is 19.9 Å². The maximum atomic E-state index is 10.4. The maximum Gasteiger partial charge on any atom is 0.122 e. The third-order valence-electron chi connectivity index (χ3n) is 4.19. The standard InChI is InChI=1S/C17H28N2O2/c1-13(2)15-12-14(4-5-17(15)21-3)16(20)6-9-19-10-7-18-8-11-19/h4-5,12-13,16,18,20H,6-11H2,1-3H3. The van der Waals surface area contributed by atoms with E-state index >= 15 is 0 Å². The summed E-state index contributed by atoms with van der Waals surface area (Å²) in [5.41, 5.74) is 2.16. The van der Waals surface area contributed by atoms with Gasteiger partial charge in [-0.05, 0) is 35.6 Å². The molecule has 1 saturated heterocycles. The Morgan fingerprint density at radius 1 is 1.29 bits per heavy atom. The molecule has 2 rings (SSSR count). The largest absolute Gasteiger partial charge is 0.496 e. The van der Waals surface area contributed by atoms with Crippen LogP contribution in [0.15, 0.2) is 18.2 Å². The third kappa shape index (κ3) is 4.43. The predicted molar refractivity (Wildman–Crippen MR) is 86.0 cm³/mol. The minimum Gasteiger partial charge on any atom is -0.496 e. The highest BCUT2D eigenvalue weighted by Crippen LogP contribution is 2.30. The average molecular weight is 292 g/mol. The summed E-state index contributed by atoms with van der Waals surface area (Å²) < 4.78 is 5.40. The first kappa shape index (κ1) is 16.3.